The maximum Gasteiger partial charge on any atom is 0.134 e. The summed E-state index contributed by atoms with van der Waals surface area (Å²) in [7, 11) is 0. The van der Waals surface area contributed by atoms with Gasteiger partial charge in [-0.25, -0.2) is 0 Å². The van der Waals surface area contributed by atoms with Gasteiger partial charge in [0.05, 0.1) is 0 Å². The second-order valence-corrected chi connectivity index (χ2v) is 6.02. The lowest BCUT2D eigenvalue weighted by Gasteiger charge is -2.21. The molecule has 1 aliphatic rings. The van der Waals surface area contributed by atoms with Gasteiger partial charge in [0.15, 0.2) is 0 Å². The van der Waals surface area contributed by atoms with Crippen LogP contribution in [0.1, 0.15) is 35.8 Å². The highest BCUT2D eigenvalue weighted by atomic mass is 35.5. The third-order valence-electron chi connectivity index (χ3n) is 3.99. The molecule has 3 heteroatoms. The first-order valence-electron chi connectivity index (χ1n) is 6.67. The molecule has 0 radical (unpaired) electrons. The van der Waals surface area contributed by atoms with Crippen LogP contribution in [0.2, 0.25) is 10.0 Å². The van der Waals surface area contributed by atoms with Gasteiger partial charge >= 0.3 is 0 Å². The molecule has 0 heterocycles. The Morgan fingerprint density at radius 2 is 1.15 bits per heavy atom. The molecule has 102 valence electrons. The third-order valence-corrected chi connectivity index (χ3v) is 4.68. The summed E-state index contributed by atoms with van der Waals surface area (Å²) in [5, 5.41) is 1.45. The Morgan fingerprint density at radius 3 is 1.55 bits per heavy atom. The molecule has 3 rings (SSSR count). The summed E-state index contributed by atoms with van der Waals surface area (Å²) in [6.07, 6.45) is 1.08. The lowest BCUT2D eigenvalue weighted by Crippen LogP contribution is -2.06. The van der Waals surface area contributed by atoms with Crippen LogP contribution in [0.4, 0.5) is 0 Å². The van der Waals surface area contributed by atoms with Crippen LogP contribution in [0.3, 0.4) is 0 Å². The molecule has 0 amide bonds. The molecule has 0 aliphatic heterocycles. The Balaban J connectivity index is 2.04. The van der Waals surface area contributed by atoms with Gasteiger partial charge in [-0.15, -0.1) is 0 Å². The topological polar surface area (TPSA) is 17.1 Å². The normalized spacial score (nSPS) is 22.2. The zero-order valence-corrected chi connectivity index (χ0v) is 12.4. The van der Waals surface area contributed by atoms with Gasteiger partial charge in [-0.2, -0.15) is 0 Å². The zero-order valence-electron chi connectivity index (χ0n) is 10.9. The van der Waals surface area contributed by atoms with Crippen LogP contribution >= 0.6 is 23.2 Å². The minimum Gasteiger partial charge on any atom is -0.300 e. The molecule has 2 aromatic carbocycles. The smallest absolute Gasteiger partial charge is 0.134 e. The van der Waals surface area contributed by atoms with E-state index in [0.717, 1.165) is 21.2 Å². The van der Waals surface area contributed by atoms with E-state index in [-0.39, 0.29) is 17.6 Å². The van der Waals surface area contributed by atoms with Crippen LogP contribution in [0.15, 0.2) is 48.5 Å². The quantitative estimate of drug-likeness (QED) is 0.743. The highest BCUT2D eigenvalue weighted by molar-refractivity contribution is 6.32. The number of hydrogen-bond donors (Lipinski definition) is 0. The number of Topliss-reactive ketones (excluding diaryl/α,β-unsaturated/α-hetero) is 1. The molecule has 2 aromatic rings. The largest absolute Gasteiger partial charge is 0.300 e. The van der Waals surface area contributed by atoms with E-state index >= 15 is 0 Å². The first-order chi connectivity index (χ1) is 9.66. The fourth-order valence-electron chi connectivity index (χ4n) is 3.06. The van der Waals surface area contributed by atoms with E-state index in [1.54, 1.807) is 0 Å². The Kier molecular flexibility index (Phi) is 3.82. The molecule has 0 bridgehead atoms. The molecule has 0 unspecified atom stereocenters. The van der Waals surface area contributed by atoms with E-state index in [2.05, 4.69) is 0 Å². The van der Waals surface area contributed by atoms with Crippen LogP contribution in [-0.2, 0) is 4.79 Å². The van der Waals surface area contributed by atoms with Crippen LogP contribution in [0.5, 0.6) is 0 Å². The molecule has 0 spiro atoms. The number of hydrogen-bond acceptors (Lipinski definition) is 1. The maximum absolute atomic E-state index is 11.9. The molecule has 1 saturated carbocycles. The number of benzene rings is 2. The molecule has 0 aromatic heterocycles. The molecule has 1 aliphatic carbocycles. The zero-order chi connectivity index (χ0) is 14.1. The summed E-state index contributed by atoms with van der Waals surface area (Å²) in [6.45, 7) is 0. The number of carbonyl (C=O) groups is 1. The fourth-order valence-corrected chi connectivity index (χ4v) is 3.62. The molecular weight excluding hydrogens is 291 g/mol. The van der Waals surface area contributed by atoms with Crippen molar-refractivity contribution in [3.63, 3.8) is 0 Å². The van der Waals surface area contributed by atoms with Crippen molar-refractivity contribution in [2.75, 3.05) is 0 Å². The van der Waals surface area contributed by atoms with Crippen molar-refractivity contribution in [2.45, 2.75) is 24.7 Å². The predicted molar refractivity (Wildman–Crippen MR) is 82.6 cm³/mol. The van der Waals surface area contributed by atoms with Gasteiger partial charge in [0.25, 0.3) is 0 Å². The summed E-state index contributed by atoms with van der Waals surface area (Å²) >= 11 is 12.6. The molecule has 1 fully saturated rings. The second kappa shape index (κ2) is 5.59. The lowest BCUT2D eigenvalue weighted by molar-refractivity contribution is -0.117. The first kappa shape index (κ1) is 13.7. The average molecular weight is 305 g/mol. The Morgan fingerprint density at radius 1 is 0.750 bits per heavy atom. The third kappa shape index (κ3) is 2.48. The molecule has 20 heavy (non-hydrogen) atoms. The van der Waals surface area contributed by atoms with E-state index in [1.165, 1.54) is 0 Å². The van der Waals surface area contributed by atoms with Gasteiger partial charge in [-0.3, -0.25) is 4.79 Å². The van der Waals surface area contributed by atoms with Crippen molar-refractivity contribution in [2.24, 2.45) is 0 Å². The molecule has 1 nitrogen and oxygen atoms in total. The van der Waals surface area contributed by atoms with E-state index in [4.69, 9.17) is 23.2 Å². The van der Waals surface area contributed by atoms with E-state index in [0.29, 0.717) is 12.8 Å². The van der Waals surface area contributed by atoms with Crippen molar-refractivity contribution >= 4 is 29.0 Å². The van der Waals surface area contributed by atoms with Crippen molar-refractivity contribution < 1.29 is 4.79 Å². The van der Waals surface area contributed by atoms with Crippen molar-refractivity contribution in [3.8, 4) is 0 Å². The van der Waals surface area contributed by atoms with E-state index in [1.807, 2.05) is 48.5 Å². The van der Waals surface area contributed by atoms with Gasteiger partial charge in [0.2, 0.25) is 0 Å². The molecule has 2 atom stereocenters. The summed E-state index contributed by atoms with van der Waals surface area (Å²) in [6, 6.07) is 15.5. The lowest BCUT2D eigenvalue weighted by atomic mass is 9.84. The number of rotatable bonds is 2. The number of carbonyl (C=O) groups excluding carboxylic acids is 1. The highest BCUT2D eigenvalue weighted by Gasteiger charge is 2.36. The van der Waals surface area contributed by atoms with Gasteiger partial charge < -0.3 is 0 Å². The minimum atomic E-state index is 0.121. The maximum atomic E-state index is 11.9. The van der Waals surface area contributed by atoms with Crippen molar-refractivity contribution in [3.05, 3.63) is 69.7 Å². The van der Waals surface area contributed by atoms with Crippen LogP contribution in [0.25, 0.3) is 0 Å². The molecular formula is C17H14Cl2O. The summed E-state index contributed by atoms with van der Waals surface area (Å²) in [4.78, 5) is 11.9. The highest BCUT2D eigenvalue weighted by Crippen LogP contribution is 2.47. The molecule has 0 saturated heterocycles. The second-order valence-electron chi connectivity index (χ2n) is 5.20. The summed E-state index contributed by atoms with van der Waals surface area (Å²) < 4.78 is 0. The van der Waals surface area contributed by atoms with E-state index < -0.39 is 0 Å². The van der Waals surface area contributed by atoms with Gasteiger partial charge in [0.1, 0.15) is 5.78 Å². The number of ketones is 1. The predicted octanol–water partition coefficient (Wildman–Crippen LogP) is 5.22. The van der Waals surface area contributed by atoms with Crippen LogP contribution in [-0.4, -0.2) is 5.78 Å². The Labute approximate surface area is 128 Å². The van der Waals surface area contributed by atoms with Crippen LogP contribution < -0.4 is 0 Å². The van der Waals surface area contributed by atoms with Crippen molar-refractivity contribution in [1.82, 2.24) is 0 Å². The first-order valence-corrected chi connectivity index (χ1v) is 7.43. The monoisotopic (exact) mass is 304 g/mol. The van der Waals surface area contributed by atoms with Gasteiger partial charge in [-0.05, 0) is 35.1 Å². The van der Waals surface area contributed by atoms with Gasteiger partial charge in [-0.1, -0.05) is 59.6 Å². The minimum absolute atomic E-state index is 0.121. The SMILES string of the molecule is O=C1C[C@H](c2ccccc2Cl)[C@H](c2ccccc2Cl)C1. The Hall–Kier alpha value is -1.31. The molecule has 0 N–H and O–H groups in total. The van der Waals surface area contributed by atoms with E-state index in [9.17, 15) is 4.79 Å². The van der Waals surface area contributed by atoms with Crippen molar-refractivity contribution in [1.29, 1.82) is 0 Å². The summed E-state index contributed by atoms with van der Waals surface area (Å²) in [5.74, 6) is 0.520. The van der Waals surface area contributed by atoms with Crippen LogP contribution in [0, 0.1) is 0 Å². The standard InChI is InChI=1S/C17H14Cl2O/c18-16-7-3-1-5-12(16)14-9-11(20)10-15(14)13-6-2-4-8-17(13)19/h1-8,14-15H,9-10H2/t14-,15+. The number of halogens is 2. The Bertz CT molecular complexity index is 595. The van der Waals surface area contributed by atoms with Gasteiger partial charge in [0, 0.05) is 22.9 Å². The fraction of sp³-hybridized carbons (Fsp3) is 0.235. The summed E-state index contributed by atoms with van der Waals surface area (Å²) in [5.41, 5.74) is 2.09. The average Bonchev–Trinajstić information content (AvgIpc) is 2.81.